The van der Waals surface area contributed by atoms with Gasteiger partial charge in [-0.3, -0.25) is 0 Å². The molecule has 0 fully saturated rings. The normalized spacial score (nSPS) is 12.6. The largest absolute Gasteiger partial charge is 0.379 e. The maximum Gasteiger partial charge on any atom is 0.126 e. The Balaban J connectivity index is 3.02. The van der Waals surface area contributed by atoms with Crippen molar-refractivity contribution in [2.75, 3.05) is 13.1 Å². The monoisotopic (exact) mass is 113 g/mol. The van der Waals surface area contributed by atoms with Gasteiger partial charge in [-0.1, -0.05) is 12.8 Å². The van der Waals surface area contributed by atoms with Crippen LogP contribution in [0.4, 0.5) is 0 Å². The van der Waals surface area contributed by atoms with Crippen molar-refractivity contribution in [2.45, 2.75) is 13.0 Å². The van der Waals surface area contributed by atoms with E-state index in [0.29, 0.717) is 6.54 Å². The van der Waals surface area contributed by atoms with Gasteiger partial charge >= 0.3 is 0 Å². The minimum atomic E-state index is -0.630. The number of aliphatic hydroxyl groups excluding tert-OH is 1. The Bertz CT molecular complexity index is 85.0. The summed E-state index contributed by atoms with van der Waals surface area (Å²) in [5, 5.41) is 11.6. The zero-order chi connectivity index (χ0) is 6.41. The number of likely N-dealkylation sites (N-methyl/N-ethyl adjacent to an activating group) is 1. The highest BCUT2D eigenvalue weighted by molar-refractivity contribution is 4.93. The standard InChI is InChI=1S/C6H11NO/c1-3-6(8)5-7-4-2/h1,6-8H,4-5H2,2H3. The van der Waals surface area contributed by atoms with Crippen LogP contribution in [-0.4, -0.2) is 24.3 Å². The summed E-state index contributed by atoms with van der Waals surface area (Å²) in [6.45, 7) is 3.30. The second-order valence-corrected chi connectivity index (χ2v) is 1.49. The fraction of sp³-hybridized carbons (Fsp3) is 0.667. The molecule has 46 valence electrons. The molecule has 0 aliphatic carbocycles. The van der Waals surface area contributed by atoms with E-state index in [1.807, 2.05) is 6.92 Å². The Morgan fingerprint density at radius 2 is 2.50 bits per heavy atom. The van der Waals surface area contributed by atoms with E-state index in [0.717, 1.165) is 6.54 Å². The summed E-state index contributed by atoms with van der Waals surface area (Å²) < 4.78 is 0. The lowest BCUT2D eigenvalue weighted by atomic mass is 10.4. The molecule has 0 saturated carbocycles. The third kappa shape index (κ3) is 3.66. The lowest BCUT2D eigenvalue weighted by Gasteiger charge is -2.00. The minimum Gasteiger partial charge on any atom is -0.379 e. The van der Waals surface area contributed by atoms with E-state index in [1.54, 1.807) is 0 Å². The Labute approximate surface area is 49.9 Å². The first-order chi connectivity index (χ1) is 3.81. The smallest absolute Gasteiger partial charge is 0.126 e. The van der Waals surface area contributed by atoms with Gasteiger partial charge in [-0.05, 0) is 6.54 Å². The van der Waals surface area contributed by atoms with E-state index in [4.69, 9.17) is 11.5 Å². The summed E-state index contributed by atoms with van der Waals surface area (Å²) >= 11 is 0. The Hall–Kier alpha value is -0.520. The van der Waals surface area contributed by atoms with Gasteiger partial charge in [0, 0.05) is 6.54 Å². The van der Waals surface area contributed by atoms with E-state index in [-0.39, 0.29) is 0 Å². The van der Waals surface area contributed by atoms with Crippen LogP contribution in [0.5, 0.6) is 0 Å². The van der Waals surface area contributed by atoms with E-state index in [9.17, 15) is 0 Å². The van der Waals surface area contributed by atoms with Crippen LogP contribution in [0.25, 0.3) is 0 Å². The van der Waals surface area contributed by atoms with Crippen LogP contribution in [0, 0.1) is 12.3 Å². The fourth-order valence-corrected chi connectivity index (χ4v) is 0.340. The summed E-state index contributed by atoms with van der Waals surface area (Å²) in [5.41, 5.74) is 0. The minimum absolute atomic E-state index is 0.493. The zero-order valence-electron chi connectivity index (χ0n) is 5.02. The number of terminal acetylenes is 1. The van der Waals surface area contributed by atoms with Crippen molar-refractivity contribution in [1.29, 1.82) is 0 Å². The summed E-state index contributed by atoms with van der Waals surface area (Å²) in [4.78, 5) is 0. The van der Waals surface area contributed by atoms with Crippen LogP contribution in [0.2, 0.25) is 0 Å². The van der Waals surface area contributed by atoms with Crippen molar-refractivity contribution in [3.05, 3.63) is 0 Å². The second kappa shape index (κ2) is 4.63. The van der Waals surface area contributed by atoms with Crippen molar-refractivity contribution in [3.63, 3.8) is 0 Å². The van der Waals surface area contributed by atoms with Crippen molar-refractivity contribution >= 4 is 0 Å². The molecule has 0 aromatic rings. The molecule has 0 amide bonds. The van der Waals surface area contributed by atoms with E-state index in [2.05, 4.69) is 11.2 Å². The molecule has 0 rings (SSSR count). The second-order valence-electron chi connectivity index (χ2n) is 1.49. The first-order valence-corrected chi connectivity index (χ1v) is 2.66. The predicted molar refractivity (Wildman–Crippen MR) is 33.4 cm³/mol. The molecular formula is C6H11NO. The third-order valence-corrected chi connectivity index (χ3v) is 0.780. The number of nitrogens with one attached hydrogen (secondary N) is 1. The van der Waals surface area contributed by atoms with E-state index in [1.165, 1.54) is 0 Å². The van der Waals surface area contributed by atoms with Gasteiger partial charge in [-0.25, -0.2) is 0 Å². The Kier molecular flexibility index (Phi) is 4.33. The molecule has 0 aromatic heterocycles. The highest BCUT2D eigenvalue weighted by atomic mass is 16.3. The van der Waals surface area contributed by atoms with Crippen LogP contribution in [0.1, 0.15) is 6.92 Å². The van der Waals surface area contributed by atoms with Crippen LogP contribution in [-0.2, 0) is 0 Å². The number of rotatable bonds is 3. The number of hydrogen-bond donors (Lipinski definition) is 2. The maximum atomic E-state index is 8.69. The van der Waals surface area contributed by atoms with Gasteiger partial charge in [0.05, 0.1) is 0 Å². The molecular weight excluding hydrogens is 102 g/mol. The molecule has 2 N–H and O–H groups in total. The van der Waals surface area contributed by atoms with Gasteiger partial charge < -0.3 is 10.4 Å². The lowest BCUT2D eigenvalue weighted by Crippen LogP contribution is -2.24. The van der Waals surface area contributed by atoms with Crippen molar-refractivity contribution in [2.24, 2.45) is 0 Å². The van der Waals surface area contributed by atoms with Crippen LogP contribution in [0.3, 0.4) is 0 Å². The molecule has 0 bridgehead atoms. The molecule has 0 aliphatic heterocycles. The molecule has 0 heterocycles. The molecule has 0 spiro atoms. The van der Waals surface area contributed by atoms with Crippen LogP contribution in [0.15, 0.2) is 0 Å². The summed E-state index contributed by atoms with van der Waals surface area (Å²) in [5.74, 6) is 2.19. The van der Waals surface area contributed by atoms with Gasteiger partial charge in [-0.2, -0.15) is 0 Å². The molecule has 0 saturated heterocycles. The molecule has 0 aliphatic rings. The van der Waals surface area contributed by atoms with Crippen molar-refractivity contribution < 1.29 is 5.11 Å². The van der Waals surface area contributed by atoms with Gasteiger partial charge in [-0.15, -0.1) is 6.42 Å². The average molecular weight is 113 g/mol. The maximum absolute atomic E-state index is 8.69. The SMILES string of the molecule is C#CC(O)CNCC. The molecule has 8 heavy (non-hydrogen) atoms. The first kappa shape index (κ1) is 7.48. The molecule has 1 unspecified atom stereocenters. The van der Waals surface area contributed by atoms with E-state index >= 15 is 0 Å². The van der Waals surface area contributed by atoms with Gasteiger partial charge in [0.15, 0.2) is 0 Å². The van der Waals surface area contributed by atoms with E-state index < -0.39 is 6.10 Å². The fourth-order valence-electron chi connectivity index (χ4n) is 0.340. The van der Waals surface area contributed by atoms with Gasteiger partial charge in [0.25, 0.3) is 0 Å². The molecule has 0 radical (unpaired) electrons. The predicted octanol–water partition coefficient (Wildman–Crippen LogP) is -0.410. The van der Waals surface area contributed by atoms with Gasteiger partial charge in [0.1, 0.15) is 6.10 Å². The van der Waals surface area contributed by atoms with Crippen molar-refractivity contribution in [3.8, 4) is 12.3 Å². The summed E-state index contributed by atoms with van der Waals surface area (Å²) in [6, 6.07) is 0. The highest BCUT2D eigenvalue weighted by Crippen LogP contribution is 1.72. The molecule has 2 heteroatoms. The number of hydrogen-bond acceptors (Lipinski definition) is 2. The highest BCUT2D eigenvalue weighted by Gasteiger charge is 1.92. The van der Waals surface area contributed by atoms with Crippen LogP contribution < -0.4 is 5.32 Å². The lowest BCUT2D eigenvalue weighted by molar-refractivity contribution is 0.229. The molecule has 0 aromatic carbocycles. The van der Waals surface area contributed by atoms with Crippen LogP contribution >= 0.6 is 0 Å². The summed E-state index contributed by atoms with van der Waals surface area (Å²) in [7, 11) is 0. The number of aliphatic hydroxyl groups is 1. The molecule has 2 nitrogen and oxygen atoms in total. The Morgan fingerprint density at radius 1 is 1.88 bits per heavy atom. The summed E-state index contributed by atoms with van der Waals surface area (Å²) in [6.07, 6.45) is 4.24. The van der Waals surface area contributed by atoms with Gasteiger partial charge in [0.2, 0.25) is 0 Å². The van der Waals surface area contributed by atoms with Crippen molar-refractivity contribution in [1.82, 2.24) is 5.32 Å². The topological polar surface area (TPSA) is 32.3 Å². The first-order valence-electron chi connectivity index (χ1n) is 2.66. The third-order valence-electron chi connectivity index (χ3n) is 0.780. The zero-order valence-corrected chi connectivity index (χ0v) is 5.02. The molecule has 1 atom stereocenters. The quantitative estimate of drug-likeness (QED) is 0.488. The average Bonchev–Trinajstić information content (AvgIpc) is 1.83. The Morgan fingerprint density at radius 3 is 2.88 bits per heavy atom.